The van der Waals surface area contributed by atoms with Crippen LogP contribution < -0.4 is 5.32 Å². The summed E-state index contributed by atoms with van der Waals surface area (Å²) in [6.07, 6.45) is 1.49. The fraction of sp³-hybridized carbons (Fsp3) is 0.368. The fourth-order valence-corrected chi connectivity index (χ4v) is 3.17. The molecule has 25 heavy (non-hydrogen) atoms. The lowest BCUT2D eigenvalue weighted by Crippen LogP contribution is -2.43. The van der Waals surface area contributed by atoms with Gasteiger partial charge >= 0.3 is 0 Å². The van der Waals surface area contributed by atoms with Crippen molar-refractivity contribution in [2.24, 2.45) is 5.92 Å². The van der Waals surface area contributed by atoms with Crippen LogP contribution in [0.1, 0.15) is 34.7 Å². The van der Waals surface area contributed by atoms with E-state index in [1.165, 1.54) is 24.3 Å². The largest absolute Gasteiger partial charge is 0.466 e. The number of furan rings is 1. The Morgan fingerprint density at radius 3 is 2.60 bits per heavy atom. The molecule has 0 aliphatic carbocycles. The normalized spacial score (nSPS) is 17.4. The van der Waals surface area contributed by atoms with Gasteiger partial charge in [0.25, 0.3) is 5.91 Å². The molecule has 1 N–H and O–H groups in total. The Balaban J connectivity index is 1.66. The highest BCUT2D eigenvalue weighted by molar-refractivity contribution is 5.97. The van der Waals surface area contributed by atoms with Crippen molar-refractivity contribution >= 4 is 17.5 Å². The number of benzene rings is 1. The third kappa shape index (κ3) is 3.90. The van der Waals surface area contributed by atoms with E-state index in [1.54, 1.807) is 24.8 Å². The number of nitrogens with one attached hydrogen (secondary N) is 1. The predicted octanol–water partition coefficient (Wildman–Crippen LogP) is 3.53. The molecule has 0 radical (unpaired) electrons. The van der Waals surface area contributed by atoms with E-state index in [4.69, 9.17) is 4.42 Å². The van der Waals surface area contributed by atoms with E-state index in [0.29, 0.717) is 35.9 Å². The summed E-state index contributed by atoms with van der Waals surface area (Å²) in [5, 5.41) is 2.79. The number of rotatable bonds is 3. The number of anilines is 1. The number of likely N-dealkylation sites (tertiary alicyclic amines) is 1. The molecule has 132 valence electrons. The Labute approximate surface area is 145 Å². The lowest BCUT2D eigenvalue weighted by molar-refractivity contribution is -0.121. The highest BCUT2D eigenvalue weighted by atomic mass is 19.1. The smallest absolute Gasteiger partial charge is 0.257 e. The second-order valence-corrected chi connectivity index (χ2v) is 6.41. The molecule has 2 heterocycles. The summed E-state index contributed by atoms with van der Waals surface area (Å²) in [5.41, 5.74) is 1.10. The Hall–Kier alpha value is -2.63. The minimum Gasteiger partial charge on any atom is -0.466 e. The summed E-state index contributed by atoms with van der Waals surface area (Å²) in [4.78, 5) is 26.9. The molecular weight excluding hydrogens is 323 g/mol. The van der Waals surface area contributed by atoms with Crippen LogP contribution in [0.25, 0.3) is 0 Å². The molecule has 1 aliphatic heterocycles. The van der Waals surface area contributed by atoms with Gasteiger partial charge in [0.15, 0.2) is 0 Å². The van der Waals surface area contributed by atoms with Crippen LogP contribution in [0, 0.1) is 25.6 Å². The maximum Gasteiger partial charge on any atom is 0.257 e. The first-order valence-electron chi connectivity index (χ1n) is 8.37. The van der Waals surface area contributed by atoms with Gasteiger partial charge in [-0.25, -0.2) is 4.39 Å². The predicted molar refractivity (Wildman–Crippen MR) is 91.8 cm³/mol. The topological polar surface area (TPSA) is 62.6 Å². The molecule has 2 aromatic rings. The van der Waals surface area contributed by atoms with Gasteiger partial charge in [0.1, 0.15) is 17.3 Å². The number of halogens is 1. The molecule has 3 rings (SSSR count). The van der Waals surface area contributed by atoms with Gasteiger partial charge in [-0.15, -0.1) is 0 Å². The van der Waals surface area contributed by atoms with Crippen LogP contribution in [0.4, 0.5) is 10.1 Å². The third-order valence-electron chi connectivity index (χ3n) is 4.46. The Morgan fingerprint density at radius 2 is 1.96 bits per heavy atom. The first-order valence-corrected chi connectivity index (χ1v) is 8.37. The van der Waals surface area contributed by atoms with E-state index < -0.39 is 0 Å². The lowest BCUT2D eigenvalue weighted by Gasteiger charge is -2.32. The number of piperidine rings is 1. The summed E-state index contributed by atoms with van der Waals surface area (Å²) in [6, 6.07) is 7.39. The minimum atomic E-state index is -0.349. The zero-order chi connectivity index (χ0) is 18.0. The van der Waals surface area contributed by atoms with E-state index in [1.807, 2.05) is 0 Å². The number of hydrogen-bond donors (Lipinski definition) is 1. The second kappa shape index (κ2) is 7.09. The van der Waals surface area contributed by atoms with Crippen molar-refractivity contribution in [3.8, 4) is 0 Å². The van der Waals surface area contributed by atoms with Crippen molar-refractivity contribution in [3.63, 3.8) is 0 Å². The average Bonchev–Trinajstić information content (AvgIpc) is 2.94. The summed E-state index contributed by atoms with van der Waals surface area (Å²) in [6.45, 7) is 4.57. The summed E-state index contributed by atoms with van der Waals surface area (Å²) >= 11 is 0. The van der Waals surface area contributed by atoms with Crippen molar-refractivity contribution in [2.75, 3.05) is 18.4 Å². The van der Waals surface area contributed by atoms with Crippen molar-refractivity contribution in [3.05, 3.63) is 53.2 Å². The minimum absolute atomic E-state index is 0.103. The first kappa shape index (κ1) is 17.2. The third-order valence-corrected chi connectivity index (χ3v) is 4.46. The molecule has 1 aliphatic rings. The molecule has 5 nitrogen and oxygen atoms in total. The molecule has 1 atom stereocenters. The fourth-order valence-electron chi connectivity index (χ4n) is 3.17. The summed E-state index contributed by atoms with van der Waals surface area (Å²) < 4.78 is 18.4. The Kier molecular flexibility index (Phi) is 4.88. The number of amides is 2. The van der Waals surface area contributed by atoms with Crippen LogP contribution >= 0.6 is 0 Å². The van der Waals surface area contributed by atoms with Gasteiger partial charge in [0, 0.05) is 18.8 Å². The molecule has 1 aromatic heterocycles. The first-order chi connectivity index (χ1) is 11.9. The second-order valence-electron chi connectivity index (χ2n) is 6.41. The molecule has 0 unspecified atom stereocenters. The SMILES string of the molecule is Cc1cc(C(=O)N2CCC[C@H](C(=O)Nc3ccc(F)cc3)C2)c(C)o1. The average molecular weight is 344 g/mol. The van der Waals surface area contributed by atoms with E-state index in [9.17, 15) is 14.0 Å². The Morgan fingerprint density at radius 1 is 1.24 bits per heavy atom. The number of aryl methyl sites for hydroxylation is 2. The quantitative estimate of drug-likeness (QED) is 0.926. The molecule has 0 saturated carbocycles. The molecule has 1 aromatic carbocycles. The van der Waals surface area contributed by atoms with Crippen LogP contribution in [0.2, 0.25) is 0 Å². The molecule has 0 bridgehead atoms. The molecule has 1 fully saturated rings. The lowest BCUT2D eigenvalue weighted by atomic mass is 9.96. The van der Waals surface area contributed by atoms with Crippen molar-refractivity contribution in [2.45, 2.75) is 26.7 Å². The molecular formula is C19H21FN2O3. The van der Waals surface area contributed by atoms with E-state index >= 15 is 0 Å². The number of carbonyl (C=O) groups excluding carboxylic acids is 2. The monoisotopic (exact) mass is 344 g/mol. The highest BCUT2D eigenvalue weighted by Crippen LogP contribution is 2.23. The van der Waals surface area contributed by atoms with Crippen LogP contribution in [-0.2, 0) is 4.79 Å². The van der Waals surface area contributed by atoms with E-state index in [2.05, 4.69) is 5.32 Å². The molecule has 0 spiro atoms. The highest BCUT2D eigenvalue weighted by Gasteiger charge is 2.30. The van der Waals surface area contributed by atoms with Gasteiger partial charge in [-0.05, 0) is 57.0 Å². The number of nitrogens with zero attached hydrogens (tertiary/aromatic N) is 1. The summed E-state index contributed by atoms with van der Waals surface area (Å²) in [5.74, 6) is 0.413. The number of hydrogen-bond acceptors (Lipinski definition) is 3. The molecule has 1 saturated heterocycles. The van der Waals surface area contributed by atoms with Crippen LogP contribution in [0.3, 0.4) is 0 Å². The van der Waals surface area contributed by atoms with Crippen LogP contribution in [0.15, 0.2) is 34.7 Å². The van der Waals surface area contributed by atoms with Crippen LogP contribution in [0.5, 0.6) is 0 Å². The number of carbonyl (C=O) groups is 2. The maximum absolute atomic E-state index is 12.9. The zero-order valence-corrected chi connectivity index (χ0v) is 14.3. The van der Waals surface area contributed by atoms with Crippen molar-refractivity contribution in [1.29, 1.82) is 0 Å². The van der Waals surface area contributed by atoms with Gasteiger partial charge in [0.2, 0.25) is 5.91 Å². The zero-order valence-electron chi connectivity index (χ0n) is 14.3. The van der Waals surface area contributed by atoms with Gasteiger partial charge in [-0.1, -0.05) is 0 Å². The van der Waals surface area contributed by atoms with E-state index in [-0.39, 0.29) is 23.5 Å². The van der Waals surface area contributed by atoms with Crippen molar-refractivity contribution in [1.82, 2.24) is 4.90 Å². The van der Waals surface area contributed by atoms with Gasteiger partial charge < -0.3 is 14.6 Å². The van der Waals surface area contributed by atoms with Crippen molar-refractivity contribution < 1.29 is 18.4 Å². The molecule has 6 heteroatoms. The van der Waals surface area contributed by atoms with Crippen LogP contribution in [-0.4, -0.2) is 29.8 Å². The van der Waals surface area contributed by atoms with Gasteiger partial charge in [-0.3, -0.25) is 9.59 Å². The Bertz CT molecular complexity index is 782. The molecule has 2 amide bonds. The van der Waals surface area contributed by atoms with E-state index in [0.717, 1.165) is 12.8 Å². The van der Waals surface area contributed by atoms with Gasteiger partial charge in [-0.2, -0.15) is 0 Å². The maximum atomic E-state index is 12.9. The van der Waals surface area contributed by atoms with Gasteiger partial charge in [0.05, 0.1) is 11.5 Å². The summed E-state index contributed by atoms with van der Waals surface area (Å²) in [7, 11) is 0. The standard InChI is InChI=1S/C19H21FN2O3/c1-12-10-17(13(2)25-12)19(24)22-9-3-4-14(11-22)18(23)21-16-7-5-15(20)6-8-16/h5-8,10,14H,3-4,9,11H2,1-2H3,(H,21,23)/t14-/m0/s1.